The summed E-state index contributed by atoms with van der Waals surface area (Å²) >= 11 is 0. The van der Waals surface area contributed by atoms with Crippen molar-refractivity contribution in [2.24, 2.45) is 5.92 Å². The SMILES string of the molecule is C=S(C)(=O)Nc1cccc(-c2ccc(CCC(C#N)NC(=O)C3C4CCC(C4)N3C(=O)OC(C)(C)C)c(F)c2)c1. The van der Waals surface area contributed by atoms with Gasteiger partial charge in [-0.2, -0.15) is 5.26 Å². The molecule has 4 rings (SSSR count). The number of anilines is 1. The van der Waals surface area contributed by atoms with Crippen LogP contribution in [-0.4, -0.2) is 57.0 Å². The molecule has 5 unspecified atom stereocenters. The van der Waals surface area contributed by atoms with Gasteiger partial charge >= 0.3 is 6.09 Å². The molecule has 1 aliphatic heterocycles. The smallest absolute Gasteiger partial charge is 0.411 e. The van der Waals surface area contributed by atoms with Gasteiger partial charge in [0, 0.05) is 27.7 Å². The molecule has 1 aliphatic carbocycles. The second kappa shape index (κ2) is 11.5. The second-order valence-corrected chi connectivity index (χ2v) is 14.0. The van der Waals surface area contributed by atoms with E-state index in [2.05, 4.69) is 22.0 Å². The molecular weight excluding hydrogens is 531 g/mol. The van der Waals surface area contributed by atoms with Gasteiger partial charge in [-0.15, -0.1) is 0 Å². The molecule has 1 saturated carbocycles. The molecule has 0 aromatic heterocycles. The summed E-state index contributed by atoms with van der Waals surface area (Å²) in [6, 6.07) is 12.6. The van der Waals surface area contributed by atoms with Gasteiger partial charge in [-0.25, -0.2) is 13.4 Å². The lowest BCUT2D eigenvalue weighted by atomic mass is 9.97. The Balaban J connectivity index is 1.40. The molecule has 5 atom stereocenters. The van der Waals surface area contributed by atoms with Gasteiger partial charge in [-0.3, -0.25) is 9.69 Å². The fourth-order valence-electron chi connectivity index (χ4n) is 5.57. The number of hydrogen-bond donors (Lipinski definition) is 2. The maximum absolute atomic E-state index is 15.0. The first-order valence-electron chi connectivity index (χ1n) is 13.4. The first kappa shape index (κ1) is 29.4. The molecule has 2 aliphatic rings. The van der Waals surface area contributed by atoms with Crippen LogP contribution in [0.3, 0.4) is 0 Å². The van der Waals surface area contributed by atoms with Crippen LogP contribution in [0.4, 0.5) is 14.9 Å². The lowest BCUT2D eigenvalue weighted by Gasteiger charge is -2.35. The molecule has 2 amide bonds. The minimum atomic E-state index is -2.45. The highest BCUT2D eigenvalue weighted by molar-refractivity contribution is 8.00. The Labute approximate surface area is 236 Å². The van der Waals surface area contributed by atoms with Gasteiger partial charge in [0.2, 0.25) is 5.91 Å². The highest BCUT2D eigenvalue weighted by Crippen LogP contribution is 2.43. The normalized spacial score (nSPS) is 22.2. The minimum Gasteiger partial charge on any atom is -0.444 e. The molecule has 1 saturated heterocycles. The Kier molecular flexibility index (Phi) is 8.45. The van der Waals surface area contributed by atoms with Gasteiger partial charge in [0.25, 0.3) is 0 Å². The van der Waals surface area contributed by atoms with Crippen LogP contribution in [0.15, 0.2) is 42.5 Å². The summed E-state index contributed by atoms with van der Waals surface area (Å²) < 4.78 is 35.4. The molecule has 214 valence electrons. The monoisotopic (exact) mass is 568 g/mol. The van der Waals surface area contributed by atoms with Crippen LogP contribution in [0.25, 0.3) is 11.1 Å². The number of nitrogens with one attached hydrogen (secondary N) is 2. The van der Waals surface area contributed by atoms with Crippen molar-refractivity contribution < 1.29 is 22.9 Å². The van der Waals surface area contributed by atoms with Crippen molar-refractivity contribution in [3.05, 3.63) is 53.8 Å². The molecule has 2 bridgehead atoms. The summed E-state index contributed by atoms with van der Waals surface area (Å²) in [6.45, 7) is 5.36. The quantitative estimate of drug-likeness (QED) is 0.440. The van der Waals surface area contributed by atoms with Crippen molar-refractivity contribution in [3.63, 3.8) is 0 Å². The maximum atomic E-state index is 15.0. The highest BCUT2D eigenvalue weighted by atomic mass is 32.2. The van der Waals surface area contributed by atoms with Crippen molar-refractivity contribution >= 4 is 33.3 Å². The number of aryl methyl sites for hydroxylation is 1. The van der Waals surface area contributed by atoms with Gasteiger partial charge < -0.3 is 14.8 Å². The van der Waals surface area contributed by atoms with E-state index in [0.29, 0.717) is 16.8 Å². The zero-order chi connectivity index (χ0) is 29.2. The van der Waals surface area contributed by atoms with E-state index in [4.69, 9.17) is 4.74 Å². The summed E-state index contributed by atoms with van der Waals surface area (Å²) in [5, 5.41) is 12.5. The molecule has 8 nitrogen and oxygen atoms in total. The van der Waals surface area contributed by atoms with E-state index in [0.717, 1.165) is 24.8 Å². The van der Waals surface area contributed by atoms with Crippen molar-refractivity contribution in [1.82, 2.24) is 10.2 Å². The van der Waals surface area contributed by atoms with E-state index in [-0.39, 0.29) is 30.7 Å². The zero-order valence-electron chi connectivity index (χ0n) is 23.4. The number of nitriles is 1. The second-order valence-electron chi connectivity index (χ2n) is 11.8. The van der Waals surface area contributed by atoms with Gasteiger partial charge in [0.15, 0.2) is 0 Å². The number of nitrogens with zero attached hydrogens (tertiary/aromatic N) is 2. The molecular formula is C30H37FN4O4S. The average Bonchev–Trinajstić information content (AvgIpc) is 3.47. The van der Waals surface area contributed by atoms with E-state index < -0.39 is 39.3 Å². The van der Waals surface area contributed by atoms with Crippen LogP contribution in [0.2, 0.25) is 0 Å². The number of carbonyl (C=O) groups is 2. The lowest BCUT2D eigenvalue weighted by Crippen LogP contribution is -2.55. The van der Waals surface area contributed by atoms with Crippen LogP contribution >= 0.6 is 0 Å². The molecule has 10 heteroatoms. The standard InChI is InChI=1S/C30H37FN4O4S/c1-30(2,3)39-29(37)35-25-14-12-22(16-25)27(35)28(36)33-24(18-32)13-11-19-9-10-21(17-26(19)31)20-7-6-8-23(15-20)34-40(4,5)38/h6-10,15,17,22,24-25,27H,4,11-14,16H2,1-3,5H3,(H,33,36)(H,34,38). The van der Waals surface area contributed by atoms with Crippen LogP contribution in [-0.2, 0) is 25.7 Å². The minimum absolute atomic E-state index is 0.0351. The van der Waals surface area contributed by atoms with Crippen LogP contribution in [0.1, 0.15) is 52.0 Å². The Morgan fingerprint density at radius 2 is 1.95 bits per heavy atom. The number of piperidine rings is 1. The first-order chi connectivity index (χ1) is 18.7. The summed E-state index contributed by atoms with van der Waals surface area (Å²) in [5.74, 6) is 2.84. The Bertz CT molecular complexity index is 1430. The van der Waals surface area contributed by atoms with E-state index in [9.17, 15) is 19.1 Å². The van der Waals surface area contributed by atoms with Gasteiger partial charge in [0.05, 0.1) is 6.07 Å². The number of fused-ring (bicyclic) bond motifs is 2. The van der Waals surface area contributed by atoms with Gasteiger partial charge in [0.1, 0.15) is 23.5 Å². The number of amides is 2. The van der Waals surface area contributed by atoms with Crippen LogP contribution in [0.5, 0.6) is 0 Å². The summed E-state index contributed by atoms with van der Waals surface area (Å²) in [7, 11) is -2.45. The highest BCUT2D eigenvalue weighted by Gasteiger charge is 2.52. The Morgan fingerprint density at radius 3 is 2.60 bits per heavy atom. The van der Waals surface area contributed by atoms with E-state index >= 15 is 4.39 Å². The third-order valence-corrected chi connectivity index (χ3v) is 7.88. The fraction of sp³-hybridized carbons (Fsp3) is 0.467. The maximum Gasteiger partial charge on any atom is 0.411 e. The van der Waals surface area contributed by atoms with Crippen molar-refractivity contribution in [1.29, 1.82) is 5.26 Å². The fourth-order valence-corrected chi connectivity index (χ4v) is 6.20. The number of benzene rings is 2. The third-order valence-electron chi connectivity index (χ3n) is 7.22. The summed E-state index contributed by atoms with van der Waals surface area (Å²) in [6.07, 6.45) is 3.89. The molecule has 2 aromatic carbocycles. The number of likely N-dealkylation sites (tertiary alicyclic amines) is 1. The molecule has 1 heterocycles. The average molecular weight is 569 g/mol. The van der Waals surface area contributed by atoms with Gasteiger partial charge in [-0.1, -0.05) is 24.3 Å². The largest absolute Gasteiger partial charge is 0.444 e. The lowest BCUT2D eigenvalue weighted by molar-refractivity contribution is -0.128. The van der Waals surface area contributed by atoms with Crippen molar-refractivity contribution in [2.45, 2.75) is 76.6 Å². The Hall–Kier alpha value is -3.58. The first-order valence-corrected chi connectivity index (χ1v) is 15.6. The van der Waals surface area contributed by atoms with E-state index in [1.165, 1.54) is 12.3 Å². The topological polar surface area (TPSA) is 112 Å². The predicted molar refractivity (Wildman–Crippen MR) is 156 cm³/mol. The molecule has 40 heavy (non-hydrogen) atoms. The number of halogens is 1. The van der Waals surface area contributed by atoms with Crippen LogP contribution < -0.4 is 10.0 Å². The van der Waals surface area contributed by atoms with Crippen molar-refractivity contribution in [3.8, 4) is 17.2 Å². The molecule has 2 aromatic rings. The number of rotatable bonds is 8. The summed E-state index contributed by atoms with van der Waals surface area (Å²) in [4.78, 5) is 27.7. The molecule has 2 N–H and O–H groups in total. The number of ether oxygens (including phenoxy) is 1. The number of hydrogen-bond acceptors (Lipinski definition) is 5. The van der Waals surface area contributed by atoms with E-state index in [1.54, 1.807) is 56.0 Å². The Morgan fingerprint density at radius 1 is 1.23 bits per heavy atom. The van der Waals surface area contributed by atoms with Crippen molar-refractivity contribution in [2.75, 3.05) is 11.0 Å². The number of carbonyl (C=O) groups excluding carboxylic acids is 2. The molecule has 0 radical (unpaired) electrons. The van der Waals surface area contributed by atoms with Gasteiger partial charge in [-0.05, 0) is 99.6 Å². The van der Waals surface area contributed by atoms with E-state index in [1.807, 2.05) is 6.07 Å². The molecule has 0 spiro atoms. The third kappa shape index (κ3) is 7.13. The zero-order valence-corrected chi connectivity index (χ0v) is 24.2. The van der Waals surface area contributed by atoms with Crippen LogP contribution in [0, 0.1) is 23.1 Å². The summed E-state index contributed by atoms with van der Waals surface area (Å²) in [5.41, 5.74) is 1.78. The molecule has 2 fully saturated rings. The predicted octanol–water partition coefficient (Wildman–Crippen LogP) is 4.89.